The molecule has 1 aliphatic carbocycles. The second-order valence-electron chi connectivity index (χ2n) is 9.45. The summed E-state index contributed by atoms with van der Waals surface area (Å²) in [6, 6.07) is 2.43. The molecule has 3 aromatic rings. The molecule has 2 atom stereocenters. The Morgan fingerprint density at radius 3 is 2.75 bits per heavy atom. The SMILES string of the molecule is Cc1ccc(OCC2CC2)c(-c2ncnc3c(C(=O)N[C@H]4CN(C(=O)CO)C[C@@H]4F)c(C)[nH]c23)c1F. The van der Waals surface area contributed by atoms with Crippen LogP contribution in [-0.4, -0.2) is 75.3 Å². The zero-order valence-corrected chi connectivity index (χ0v) is 20.0. The summed E-state index contributed by atoms with van der Waals surface area (Å²) < 4.78 is 35.9. The predicted octanol–water partition coefficient (Wildman–Crippen LogP) is 2.44. The number of fused-ring (bicyclic) bond motifs is 1. The first-order valence-corrected chi connectivity index (χ1v) is 11.9. The standard InChI is InChI=1S/C25H27F2N5O4/c1-12-3-6-17(36-10-14-4-5-14)20(21(12)27)23-24-22(28-11-29-23)19(13(2)30-24)25(35)31-16-8-32(7-15(16)26)18(34)9-33/h3,6,11,14-16,30,33H,4-5,7-10H2,1-2H3,(H,31,35)/t15-,16-/m0/s1. The lowest BCUT2D eigenvalue weighted by Gasteiger charge is -2.16. The van der Waals surface area contributed by atoms with Crippen molar-refractivity contribution in [2.24, 2.45) is 5.92 Å². The van der Waals surface area contributed by atoms with Crippen LogP contribution in [0.25, 0.3) is 22.3 Å². The highest BCUT2D eigenvalue weighted by Crippen LogP contribution is 2.39. The molecule has 2 aliphatic rings. The van der Waals surface area contributed by atoms with Gasteiger partial charge in [0.25, 0.3) is 5.91 Å². The van der Waals surface area contributed by atoms with Gasteiger partial charge in [0, 0.05) is 12.2 Å². The fraction of sp³-hybridized carbons (Fsp3) is 0.440. The van der Waals surface area contributed by atoms with Crippen LogP contribution in [0.2, 0.25) is 0 Å². The molecule has 5 rings (SSSR count). The van der Waals surface area contributed by atoms with Gasteiger partial charge in [-0.2, -0.15) is 0 Å². The van der Waals surface area contributed by atoms with Crippen molar-refractivity contribution < 1.29 is 28.2 Å². The second kappa shape index (κ2) is 9.45. The summed E-state index contributed by atoms with van der Waals surface area (Å²) in [5.74, 6) is -0.821. The Balaban J connectivity index is 1.49. The molecule has 3 N–H and O–H groups in total. The van der Waals surface area contributed by atoms with E-state index < -0.39 is 36.5 Å². The van der Waals surface area contributed by atoms with Crippen LogP contribution in [0.15, 0.2) is 18.5 Å². The zero-order valence-electron chi connectivity index (χ0n) is 20.0. The number of alkyl halides is 1. The van der Waals surface area contributed by atoms with Gasteiger partial charge in [-0.3, -0.25) is 9.59 Å². The summed E-state index contributed by atoms with van der Waals surface area (Å²) in [6.07, 6.45) is 1.95. The quantitative estimate of drug-likeness (QED) is 0.459. The number of nitrogens with zero attached hydrogens (tertiary/aromatic N) is 3. The molecule has 1 saturated heterocycles. The fourth-order valence-electron chi connectivity index (χ4n) is 4.53. The van der Waals surface area contributed by atoms with Crippen LogP contribution >= 0.6 is 0 Å². The van der Waals surface area contributed by atoms with Crippen molar-refractivity contribution >= 4 is 22.8 Å². The van der Waals surface area contributed by atoms with Gasteiger partial charge < -0.3 is 25.0 Å². The lowest BCUT2D eigenvalue weighted by atomic mass is 10.0. The third-order valence-electron chi connectivity index (χ3n) is 6.76. The van der Waals surface area contributed by atoms with E-state index in [-0.39, 0.29) is 35.4 Å². The predicted molar refractivity (Wildman–Crippen MR) is 127 cm³/mol. The van der Waals surface area contributed by atoms with Gasteiger partial charge in [-0.15, -0.1) is 0 Å². The highest BCUT2D eigenvalue weighted by molar-refractivity contribution is 6.09. The molecule has 2 aromatic heterocycles. The van der Waals surface area contributed by atoms with E-state index in [2.05, 4.69) is 20.3 Å². The van der Waals surface area contributed by atoms with Gasteiger partial charge in [-0.05, 0) is 44.2 Å². The number of aliphatic hydroxyl groups is 1. The largest absolute Gasteiger partial charge is 0.492 e. The normalized spacial score (nSPS) is 19.6. The highest BCUT2D eigenvalue weighted by Gasteiger charge is 2.37. The summed E-state index contributed by atoms with van der Waals surface area (Å²) >= 11 is 0. The molecule has 11 heteroatoms. The number of carbonyl (C=O) groups excluding carboxylic acids is 2. The Morgan fingerprint density at radius 2 is 2.03 bits per heavy atom. The van der Waals surface area contributed by atoms with Gasteiger partial charge in [0.15, 0.2) is 0 Å². The third-order valence-corrected chi connectivity index (χ3v) is 6.76. The number of likely N-dealkylation sites (tertiary alicyclic amines) is 1. The number of hydrogen-bond donors (Lipinski definition) is 3. The summed E-state index contributed by atoms with van der Waals surface area (Å²) in [5, 5.41) is 11.7. The van der Waals surface area contributed by atoms with Gasteiger partial charge >= 0.3 is 0 Å². The molecular weight excluding hydrogens is 472 g/mol. The fourth-order valence-corrected chi connectivity index (χ4v) is 4.53. The molecule has 1 saturated carbocycles. The maximum Gasteiger partial charge on any atom is 0.255 e. The highest BCUT2D eigenvalue weighted by atomic mass is 19.1. The zero-order chi connectivity index (χ0) is 25.6. The molecule has 0 bridgehead atoms. The summed E-state index contributed by atoms with van der Waals surface area (Å²) in [4.78, 5) is 37.8. The number of aryl methyl sites for hydroxylation is 2. The first-order valence-electron chi connectivity index (χ1n) is 11.9. The molecule has 1 aliphatic heterocycles. The van der Waals surface area contributed by atoms with E-state index in [1.807, 2.05) is 0 Å². The minimum Gasteiger partial charge on any atom is -0.492 e. The minimum atomic E-state index is -1.48. The van der Waals surface area contributed by atoms with Gasteiger partial charge in [0.05, 0.1) is 35.8 Å². The van der Waals surface area contributed by atoms with Crippen molar-refractivity contribution in [2.45, 2.75) is 38.9 Å². The smallest absolute Gasteiger partial charge is 0.255 e. The first kappa shape index (κ1) is 24.1. The molecule has 2 amide bonds. The molecule has 0 radical (unpaired) electrons. The summed E-state index contributed by atoms with van der Waals surface area (Å²) in [7, 11) is 0. The number of ether oxygens (including phenoxy) is 1. The Morgan fingerprint density at radius 1 is 1.25 bits per heavy atom. The number of amides is 2. The van der Waals surface area contributed by atoms with Gasteiger partial charge in [0.2, 0.25) is 5.91 Å². The van der Waals surface area contributed by atoms with Crippen LogP contribution in [0.3, 0.4) is 0 Å². The van der Waals surface area contributed by atoms with E-state index in [0.29, 0.717) is 35.0 Å². The molecule has 1 aromatic carbocycles. The van der Waals surface area contributed by atoms with E-state index in [0.717, 1.165) is 12.8 Å². The lowest BCUT2D eigenvalue weighted by molar-refractivity contribution is -0.133. The van der Waals surface area contributed by atoms with Crippen molar-refractivity contribution in [3.05, 3.63) is 41.1 Å². The third kappa shape index (κ3) is 4.39. The van der Waals surface area contributed by atoms with E-state index >= 15 is 4.39 Å². The number of aromatic amines is 1. The van der Waals surface area contributed by atoms with Crippen LogP contribution in [0.4, 0.5) is 8.78 Å². The molecule has 3 heterocycles. The van der Waals surface area contributed by atoms with Crippen molar-refractivity contribution in [1.82, 2.24) is 25.2 Å². The molecule has 190 valence electrons. The average Bonchev–Trinajstić information content (AvgIpc) is 3.53. The van der Waals surface area contributed by atoms with E-state index in [1.54, 1.807) is 26.0 Å². The first-order chi connectivity index (χ1) is 17.3. The molecule has 9 nitrogen and oxygen atoms in total. The van der Waals surface area contributed by atoms with Crippen molar-refractivity contribution in [1.29, 1.82) is 0 Å². The Kier molecular flexibility index (Phi) is 6.33. The van der Waals surface area contributed by atoms with Crippen molar-refractivity contribution in [2.75, 3.05) is 26.3 Å². The van der Waals surface area contributed by atoms with Crippen LogP contribution in [0.1, 0.15) is 34.5 Å². The Hall–Kier alpha value is -3.60. The number of carbonyl (C=O) groups is 2. The lowest BCUT2D eigenvalue weighted by Crippen LogP contribution is -2.42. The van der Waals surface area contributed by atoms with Crippen molar-refractivity contribution in [3.63, 3.8) is 0 Å². The van der Waals surface area contributed by atoms with E-state index in [1.165, 1.54) is 11.2 Å². The van der Waals surface area contributed by atoms with Gasteiger partial charge in [-0.25, -0.2) is 18.7 Å². The average molecular weight is 500 g/mol. The maximum absolute atomic E-state index is 15.4. The van der Waals surface area contributed by atoms with Crippen LogP contribution in [0, 0.1) is 25.6 Å². The van der Waals surface area contributed by atoms with E-state index in [4.69, 9.17) is 9.84 Å². The van der Waals surface area contributed by atoms with Crippen LogP contribution < -0.4 is 10.1 Å². The van der Waals surface area contributed by atoms with Crippen LogP contribution in [-0.2, 0) is 4.79 Å². The number of aromatic nitrogens is 3. The number of nitrogens with one attached hydrogen (secondary N) is 2. The van der Waals surface area contributed by atoms with Crippen LogP contribution in [0.5, 0.6) is 5.75 Å². The number of H-pyrrole nitrogens is 1. The van der Waals surface area contributed by atoms with Gasteiger partial charge in [-0.1, -0.05) is 6.07 Å². The van der Waals surface area contributed by atoms with Crippen molar-refractivity contribution in [3.8, 4) is 17.0 Å². The molecule has 2 fully saturated rings. The monoisotopic (exact) mass is 499 g/mol. The molecular formula is C25H27F2N5O4. The van der Waals surface area contributed by atoms with Gasteiger partial charge in [0.1, 0.15) is 41.9 Å². The summed E-state index contributed by atoms with van der Waals surface area (Å²) in [5.41, 5.74) is 2.14. The van der Waals surface area contributed by atoms with E-state index in [9.17, 15) is 14.0 Å². The minimum absolute atomic E-state index is 0.0515. The summed E-state index contributed by atoms with van der Waals surface area (Å²) in [6.45, 7) is 2.82. The maximum atomic E-state index is 15.4. The number of benzene rings is 1. The molecule has 0 unspecified atom stereocenters. The number of hydrogen-bond acceptors (Lipinski definition) is 6. The number of rotatable bonds is 7. The topological polar surface area (TPSA) is 120 Å². The number of halogens is 2. The Labute approximate surface area is 205 Å². The second-order valence-corrected chi connectivity index (χ2v) is 9.45. The number of aliphatic hydroxyl groups excluding tert-OH is 1. The molecule has 0 spiro atoms. The molecule has 36 heavy (non-hydrogen) atoms. The Bertz CT molecular complexity index is 1340.